The van der Waals surface area contributed by atoms with Crippen molar-refractivity contribution in [1.82, 2.24) is 57.8 Å². The third-order valence-electron chi connectivity index (χ3n) is 14.6. The Morgan fingerprint density at radius 3 is 1.42 bits per heavy atom. The van der Waals surface area contributed by atoms with Gasteiger partial charge in [-0.05, 0) is 80.2 Å². The number of benzene rings is 3. The van der Waals surface area contributed by atoms with E-state index in [1.54, 1.807) is 68.4 Å². The molecule has 0 spiro atoms. The maximum absolute atomic E-state index is 14.6. The minimum absolute atomic E-state index is 0.00724. The number of carbonyl (C=O) groups excluding carboxylic acids is 10. The SMILES string of the molecule is CC(C)C[C@H](NC(=O)[C@H](CCCN=C(N)N)NC(=O)[C@H](Cc1ccccc1)NC(=O)[C@@H](N)Cc1ccccc1)C(=O)N[C@@H](Cc1cnc[nH]1)C(=O)N[C@@H](CS)C(=O)N[C@H](C(=O)N[C@@H](CCCN=C(N)N)C(=O)N[C@@H](CC(N)=O)C(=O)N[C@@H](Cc1ccc(O)cc1)C(=O)O)[C@@H](C)O. The van der Waals surface area contributed by atoms with Crippen LogP contribution >= 0.6 is 12.6 Å². The van der Waals surface area contributed by atoms with E-state index in [0.29, 0.717) is 16.8 Å². The van der Waals surface area contributed by atoms with E-state index < -0.39 is 144 Å². The Hall–Kier alpha value is -10.4. The molecule has 0 bridgehead atoms. The molecule has 0 radical (unpaired) electrons. The van der Waals surface area contributed by atoms with E-state index in [0.717, 1.165) is 12.5 Å². The number of thiol groups is 1. The highest BCUT2D eigenvalue weighted by molar-refractivity contribution is 7.80. The highest BCUT2D eigenvalue weighted by Gasteiger charge is 2.37. The summed E-state index contributed by atoms with van der Waals surface area (Å²) >= 11 is 4.28. The molecular weight excluding hydrogens is 1270 g/mol. The van der Waals surface area contributed by atoms with Crippen LogP contribution in [0.15, 0.2) is 107 Å². The van der Waals surface area contributed by atoms with Gasteiger partial charge in [-0.3, -0.25) is 57.9 Å². The average Bonchev–Trinajstić information content (AvgIpc) is 1.14. The summed E-state index contributed by atoms with van der Waals surface area (Å²) in [5, 5.41) is 53.2. The number of phenolic OH excluding ortho intramolecular Hbond substituents is 1. The fourth-order valence-electron chi connectivity index (χ4n) is 9.60. The maximum atomic E-state index is 14.6. The first kappa shape index (κ1) is 78.1. The van der Waals surface area contributed by atoms with Gasteiger partial charge in [-0.1, -0.05) is 86.6 Å². The molecule has 11 atom stereocenters. The van der Waals surface area contributed by atoms with Gasteiger partial charge >= 0.3 is 5.97 Å². The molecule has 0 aliphatic rings. The summed E-state index contributed by atoms with van der Waals surface area (Å²) in [6.07, 6.45) is -0.534. The molecule has 0 saturated carbocycles. The van der Waals surface area contributed by atoms with Crippen LogP contribution in [0.4, 0.5) is 0 Å². The zero-order valence-corrected chi connectivity index (χ0v) is 54.3. The Balaban J connectivity index is 1.56. The number of aromatic nitrogens is 2. The van der Waals surface area contributed by atoms with Crippen molar-refractivity contribution in [1.29, 1.82) is 0 Å². The average molecular weight is 1360 g/mol. The van der Waals surface area contributed by atoms with Crippen LogP contribution in [-0.2, 0) is 78.4 Å². The van der Waals surface area contributed by atoms with E-state index in [4.69, 9.17) is 34.4 Å². The van der Waals surface area contributed by atoms with E-state index in [2.05, 4.69) is 80.4 Å². The zero-order valence-electron chi connectivity index (χ0n) is 53.4. The number of phenols is 1. The van der Waals surface area contributed by atoms with E-state index in [-0.39, 0.29) is 94.5 Å². The van der Waals surface area contributed by atoms with Crippen LogP contribution in [0.25, 0.3) is 0 Å². The number of nitrogens with two attached hydrogens (primary N) is 6. The van der Waals surface area contributed by atoms with Crippen LogP contribution in [0, 0.1) is 5.92 Å². The third-order valence-corrected chi connectivity index (χ3v) is 14.9. The van der Waals surface area contributed by atoms with Gasteiger partial charge in [-0.2, -0.15) is 12.6 Å². The molecule has 1 heterocycles. The number of primary amides is 1. The van der Waals surface area contributed by atoms with Crippen LogP contribution in [-0.4, -0.2) is 188 Å². The summed E-state index contributed by atoms with van der Waals surface area (Å²) < 4.78 is 0. The van der Waals surface area contributed by atoms with E-state index in [1.165, 1.54) is 36.8 Å². The van der Waals surface area contributed by atoms with Gasteiger partial charge in [0.05, 0.1) is 24.9 Å². The molecule has 3 aromatic carbocycles. The number of hydrogen-bond donors (Lipinski definition) is 20. The number of amides is 10. The van der Waals surface area contributed by atoms with Gasteiger partial charge in [0, 0.05) is 50.0 Å². The lowest BCUT2D eigenvalue weighted by Gasteiger charge is -2.29. The highest BCUT2D eigenvalue weighted by atomic mass is 32.1. The largest absolute Gasteiger partial charge is 0.508 e. The third kappa shape index (κ3) is 28.1. The minimum atomic E-state index is -1.89. The van der Waals surface area contributed by atoms with Crippen LogP contribution in [0.3, 0.4) is 0 Å². The van der Waals surface area contributed by atoms with Crippen molar-refractivity contribution in [3.63, 3.8) is 0 Å². The fourth-order valence-corrected chi connectivity index (χ4v) is 9.86. The molecule has 4 rings (SSSR count). The molecule has 0 fully saturated rings. The lowest BCUT2D eigenvalue weighted by Crippen LogP contribution is -2.62. The van der Waals surface area contributed by atoms with Gasteiger partial charge in [0.1, 0.15) is 60.1 Å². The standard InChI is InChI=1S/C62H89N19O14S/c1-33(2)24-43(76-52(86)41(16-10-22-70-61(65)66)73-55(89)44(26-36-14-8-5-9-15-36)75-51(85)40(63)25-35-12-6-4-7-13-35)54(88)77-45(28-38-30-69-32-72-38)56(90)80-48(31-96)58(92)81-50(34(3)82)59(93)74-42(17-11-23-71-62(67)68)53(87)78-46(29-49(64)84)57(91)79-47(60(94)95)27-37-18-20-39(83)21-19-37/h4-9,12-15,18-21,30,32-34,40-48,50,82-83,96H,10-11,16-17,22-29,31,63H2,1-3H3,(H2,64,84)(H,69,72)(H,73,89)(H,74,93)(H,75,85)(H,76,86)(H,77,88)(H,78,87)(H,79,91)(H,80,90)(H,81,92)(H,94,95)(H4,65,66,70)(H4,67,68,71)/t34-,40+,41+,42+,43+,44+,45+,46+,47+,48+,50+/m1/s1. The van der Waals surface area contributed by atoms with Crippen molar-refractivity contribution >= 4 is 89.6 Å². The van der Waals surface area contributed by atoms with Gasteiger partial charge in [0.15, 0.2) is 11.9 Å². The summed E-state index contributed by atoms with van der Waals surface area (Å²) in [5.41, 5.74) is 36.0. The number of imidazole rings is 1. The smallest absolute Gasteiger partial charge is 0.326 e. The number of aliphatic imine (C=N–C) groups is 2. The quantitative estimate of drug-likeness (QED) is 0.00862. The molecule has 25 N–H and O–H groups in total. The summed E-state index contributed by atoms with van der Waals surface area (Å²) in [7, 11) is 0. The number of H-pyrrole nitrogens is 1. The van der Waals surface area contributed by atoms with Crippen LogP contribution < -0.4 is 82.3 Å². The Bertz CT molecular complexity index is 3280. The number of aromatic hydroxyl groups is 1. The van der Waals surface area contributed by atoms with E-state index in [1.807, 2.05) is 6.07 Å². The van der Waals surface area contributed by atoms with Crippen molar-refractivity contribution in [2.45, 2.75) is 152 Å². The molecule has 34 heteroatoms. The first-order valence-corrected chi connectivity index (χ1v) is 31.4. The lowest BCUT2D eigenvalue weighted by molar-refractivity contribution is -0.142. The second kappa shape index (κ2) is 40.0. The number of aromatic amines is 1. The zero-order chi connectivity index (χ0) is 71.0. The fraction of sp³-hybridized carbons (Fsp3) is 0.452. The molecule has 4 aromatic rings. The number of guanidine groups is 2. The number of nitrogens with one attached hydrogen (secondary N) is 10. The number of hydrogen-bond acceptors (Lipinski definition) is 18. The Labute approximate surface area is 559 Å². The number of aliphatic carboxylic acids is 1. The normalized spacial score (nSPS) is 14.4. The number of carbonyl (C=O) groups is 11. The first-order valence-electron chi connectivity index (χ1n) is 30.8. The summed E-state index contributed by atoms with van der Waals surface area (Å²) in [6.45, 7) is 4.60. The molecule has 96 heavy (non-hydrogen) atoms. The first-order chi connectivity index (χ1) is 45.5. The Morgan fingerprint density at radius 2 is 0.927 bits per heavy atom. The molecule has 0 aliphatic heterocycles. The van der Waals surface area contributed by atoms with E-state index >= 15 is 0 Å². The van der Waals surface area contributed by atoms with Gasteiger partial charge in [0.2, 0.25) is 59.1 Å². The van der Waals surface area contributed by atoms with Crippen LogP contribution in [0.1, 0.15) is 81.7 Å². The Morgan fingerprint density at radius 1 is 0.510 bits per heavy atom. The number of rotatable bonds is 41. The molecule has 33 nitrogen and oxygen atoms in total. The molecule has 522 valence electrons. The highest BCUT2D eigenvalue weighted by Crippen LogP contribution is 2.15. The summed E-state index contributed by atoms with van der Waals surface area (Å²) in [4.78, 5) is 167. The van der Waals surface area contributed by atoms with Crippen LogP contribution in [0.2, 0.25) is 0 Å². The number of aliphatic hydroxyl groups is 1. The minimum Gasteiger partial charge on any atom is -0.508 e. The van der Waals surface area contributed by atoms with Crippen molar-refractivity contribution in [2.24, 2.45) is 50.3 Å². The monoisotopic (exact) mass is 1360 g/mol. The summed E-state index contributed by atoms with van der Waals surface area (Å²) in [6, 6.07) is 8.10. The van der Waals surface area contributed by atoms with Crippen LogP contribution in [0.5, 0.6) is 5.75 Å². The predicted molar refractivity (Wildman–Crippen MR) is 356 cm³/mol. The number of carboxylic acid groups (broad SMARTS) is 1. The van der Waals surface area contributed by atoms with Gasteiger partial charge in [-0.25, -0.2) is 9.78 Å². The molecular formula is C62H89N19O14S. The van der Waals surface area contributed by atoms with Gasteiger partial charge in [0.25, 0.3) is 0 Å². The molecule has 10 amide bonds. The molecule has 0 unspecified atom stereocenters. The summed E-state index contributed by atoms with van der Waals surface area (Å²) in [5.74, 6) is -12.6. The van der Waals surface area contributed by atoms with E-state index in [9.17, 15) is 68.1 Å². The second-order valence-corrected chi connectivity index (χ2v) is 23.4. The Kier molecular flexibility index (Phi) is 32.6. The van der Waals surface area contributed by atoms with Crippen molar-refractivity contribution in [3.05, 3.63) is 120 Å². The van der Waals surface area contributed by atoms with Crippen molar-refractivity contribution in [3.8, 4) is 5.75 Å². The topological polar surface area (TPSA) is 566 Å². The number of nitrogens with zero attached hydrogens (tertiary/aromatic N) is 3. The van der Waals surface area contributed by atoms with Crippen molar-refractivity contribution in [2.75, 3.05) is 18.8 Å². The number of aliphatic hydroxyl groups excluding tert-OH is 1. The molecule has 0 saturated heterocycles. The predicted octanol–water partition coefficient (Wildman–Crippen LogP) is -4.50. The number of carboxylic acids is 1. The second-order valence-electron chi connectivity index (χ2n) is 23.1. The lowest BCUT2D eigenvalue weighted by atomic mass is 10.0. The molecule has 1 aromatic heterocycles. The van der Waals surface area contributed by atoms with Gasteiger partial charge in [-0.15, -0.1) is 0 Å². The molecule has 0 aliphatic carbocycles. The van der Waals surface area contributed by atoms with Gasteiger partial charge < -0.3 is 103 Å². The maximum Gasteiger partial charge on any atom is 0.326 e. The van der Waals surface area contributed by atoms with Crippen molar-refractivity contribution < 1.29 is 68.1 Å².